The number of ether oxygens (including phenoxy) is 1. The van der Waals surface area contributed by atoms with E-state index in [1.165, 1.54) is 13.2 Å². The minimum absolute atomic E-state index is 0.0769. The standard InChI is InChI=1S/C7H5Cl3O3S/c1-13-5-2-4(8)3-6(7(5)9)14(10,11)12/h2-3H,1H3. The summed E-state index contributed by atoms with van der Waals surface area (Å²) >= 11 is 11.4. The van der Waals surface area contributed by atoms with Crippen molar-refractivity contribution in [3.8, 4) is 5.75 Å². The van der Waals surface area contributed by atoms with E-state index >= 15 is 0 Å². The molecule has 0 aliphatic heterocycles. The van der Waals surface area contributed by atoms with Crippen molar-refractivity contribution in [2.24, 2.45) is 0 Å². The second kappa shape index (κ2) is 4.14. The van der Waals surface area contributed by atoms with E-state index in [0.29, 0.717) is 0 Å². The van der Waals surface area contributed by atoms with Gasteiger partial charge in [-0.1, -0.05) is 23.2 Å². The fourth-order valence-corrected chi connectivity index (χ4v) is 2.70. The highest BCUT2D eigenvalue weighted by Gasteiger charge is 2.19. The molecule has 0 saturated heterocycles. The van der Waals surface area contributed by atoms with Crippen LogP contribution in [0.25, 0.3) is 0 Å². The van der Waals surface area contributed by atoms with Gasteiger partial charge in [-0.2, -0.15) is 0 Å². The van der Waals surface area contributed by atoms with Crippen molar-refractivity contribution < 1.29 is 13.2 Å². The molecule has 0 radical (unpaired) electrons. The predicted octanol–water partition coefficient (Wildman–Crippen LogP) is 2.93. The second-order valence-corrected chi connectivity index (χ2v) is 5.71. The van der Waals surface area contributed by atoms with Crippen LogP contribution in [0.2, 0.25) is 10.0 Å². The molecule has 0 bridgehead atoms. The molecule has 7 heteroatoms. The van der Waals surface area contributed by atoms with E-state index in [1.807, 2.05) is 0 Å². The summed E-state index contributed by atoms with van der Waals surface area (Å²) < 4.78 is 26.9. The van der Waals surface area contributed by atoms with Crippen LogP contribution < -0.4 is 4.74 Å². The maximum atomic E-state index is 11.0. The zero-order valence-corrected chi connectivity index (χ0v) is 10.0. The summed E-state index contributed by atoms with van der Waals surface area (Å²) in [5.41, 5.74) is 0. The molecule has 0 amide bonds. The van der Waals surface area contributed by atoms with Gasteiger partial charge in [-0.25, -0.2) is 8.42 Å². The smallest absolute Gasteiger partial charge is 0.262 e. The van der Waals surface area contributed by atoms with Crippen LogP contribution in [-0.2, 0) is 9.05 Å². The zero-order valence-electron chi connectivity index (χ0n) is 6.92. The van der Waals surface area contributed by atoms with Crippen LogP contribution in [0.5, 0.6) is 5.75 Å². The number of rotatable bonds is 2. The van der Waals surface area contributed by atoms with Crippen molar-refractivity contribution in [1.29, 1.82) is 0 Å². The van der Waals surface area contributed by atoms with Crippen molar-refractivity contribution in [3.63, 3.8) is 0 Å². The Kier molecular flexibility index (Phi) is 3.53. The Hall–Kier alpha value is -0.160. The van der Waals surface area contributed by atoms with Crippen molar-refractivity contribution >= 4 is 42.9 Å². The van der Waals surface area contributed by atoms with E-state index in [4.69, 9.17) is 38.6 Å². The summed E-state index contributed by atoms with van der Waals surface area (Å²) in [6, 6.07) is 2.56. The Morgan fingerprint density at radius 1 is 1.29 bits per heavy atom. The van der Waals surface area contributed by atoms with Gasteiger partial charge in [0, 0.05) is 21.8 Å². The molecule has 0 aromatic heterocycles. The third-order valence-corrected chi connectivity index (χ3v) is 3.52. The first-order valence-electron chi connectivity index (χ1n) is 3.34. The highest BCUT2D eigenvalue weighted by Crippen LogP contribution is 2.35. The maximum absolute atomic E-state index is 11.0. The topological polar surface area (TPSA) is 43.4 Å². The number of benzene rings is 1. The SMILES string of the molecule is COc1cc(Cl)cc(S(=O)(=O)Cl)c1Cl. The third kappa shape index (κ3) is 2.45. The van der Waals surface area contributed by atoms with Crippen LogP contribution in [0.3, 0.4) is 0 Å². The first kappa shape index (κ1) is 11.9. The fraction of sp³-hybridized carbons (Fsp3) is 0.143. The van der Waals surface area contributed by atoms with Gasteiger partial charge in [-0.3, -0.25) is 0 Å². The van der Waals surface area contributed by atoms with E-state index in [1.54, 1.807) is 0 Å². The second-order valence-electron chi connectivity index (χ2n) is 2.36. The summed E-state index contributed by atoms with van der Waals surface area (Å²) in [6.45, 7) is 0. The van der Waals surface area contributed by atoms with Gasteiger partial charge >= 0.3 is 0 Å². The number of hydrogen-bond donors (Lipinski definition) is 0. The molecular weight excluding hydrogens is 270 g/mol. The molecule has 0 spiro atoms. The fourth-order valence-electron chi connectivity index (χ4n) is 0.866. The van der Waals surface area contributed by atoms with Gasteiger partial charge in [0.05, 0.1) is 7.11 Å². The minimum atomic E-state index is -3.91. The number of halogens is 3. The van der Waals surface area contributed by atoms with E-state index < -0.39 is 9.05 Å². The van der Waals surface area contributed by atoms with Gasteiger partial charge in [0.15, 0.2) is 0 Å². The van der Waals surface area contributed by atoms with Gasteiger partial charge in [0.1, 0.15) is 15.7 Å². The summed E-state index contributed by atoms with van der Waals surface area (Å²) in [4.78, 5) is -0.259. The molecule has 1 aromatic carbocycles. The molecule has 0 fully saturated rings. The normalized spacial score (nSPS) is 11.4. The van der Waals surface area contributed by atoms with Crippen LogP contribution in [0.4, 0.5) is 0 Å². The zero-order chi connectivity index (χ0) is 10.9. The number of hydrogen-bond acceptors (Lipinski definition) is 3. The minimum Gasteiger partial charge on any atom is -0.495 e. The average Bonchev–Trinajstić information content (AvgIpc) is 2.06. The van der Waals surface area contributed by atoms with Crippen LogP contribution >= 0.6 is 33.9 Å². The van der Waals surface area contributed by atoms with Crippen molar-refractivity contribution in [2.75, 3.05) is 7.11 Å². The van der Waals surface area contributed by atoms with E-state index in [9.17, 15) is 8.42 Å². The predicted molar refractivity (Wildman–Crippen MR) is 56.1 cm³/mol. The Morgan fingerprint density at radius 2 is 1.86 bits per heavy atom. The Morgan fingerprint density at radius 3 is 2.29 bits per heavy atom. The monoisotopic (exact) mass is 274 g/mol. The van der Waals surface area contributed by atoms with E-state index in [-0.39, 0.29) is 20.7 Å². The van der Waals surface area contributed by atoms with Crippen LogP contribution in [-0.4, -0.2) is 15.5 Å². The lowest BCUT2D eigenvalue weighted by molar-refractivity contribution is 0.414. The molecule has 1 rings (SSSR count). The van der Waals surface area contributed by atoms with Gasteiger partial charge in [0.2, 0.25) is 0 Å². The lowest BCUT2D eigenvalue weighted by Gasteiger charge is -2.06. The molecule has 0 aliphatic rings. The van der Waals surface area contributed by atoms with Crippen molar-refractivity contribution in [1.82, 2.24) is 0 Å². The molecule has 0 unspecified atom stereocenters. The Bertz CT molecular complexity index is 455. The van der Waals surface area contributed by atoms with Gasteiger partial charge in [-0.15, -0.1) is 0 Å². The first-order valence-corrected chi connectivity index (χ1v) is 6.40. The third-order valence-electron chi connectivity index (χ3n) is 1.45. The summed E-state index contributed by atoms with van der Waals surface area (Å²) in [7, 11) is 2.57. The molecule has 78 valence electrons. The molecule has 0 atom stereocenters. The quantitative estimate of drug-likeness (QED) is 0.780. The largest absolute Gasteiger partial charge is 0.495 e. The first-order chi connectivity index (χ1) is 6.36. The van der Waals surface area contributed by atoms with Crippen LogP contribution in [0.15, 0.2) is 17.0 Å². The van der Waals surface area contributed by atoms with E-state index in [0.717, 1.165) is 6.07 Å². The highest BCUT2D eigenvalue weighted by atomic mass is 35.7. The average molecular weight is 276 g/mol. The molecule has 14 heavy (non-hydrogen) atoms. The Balaban J connectivity index is 3.53. The van der Waals surface area contributed by atoms with Crippen molar-refractivity contribution in [2.45, 2.75) is 4.90 Å². The lowest BCUT2D eigenvalue weighted by Crippen LogP contribution is -1.94. The van der Waals surface area contributed by atoms with E-state index in [2.05, 4.69) is 0 Å². The summed E-state index contributed by atoms with van der Waals surface area (Å²) in [5, 5.41) is 0.109. The summed E-state index contributed by atoms with van der Waals surface area (Å²) in [5.74, 6) is 0.165. The molecule has 3 nitrogen and oxygen atoms in total. The van der Waals surface area contributed by atoms with Gasteiger partial charge < -0.3 is 4.74 Å². The molecule has 0 aliphatic carbocycles. The van der Waals surface area contributed by atoms with Crippen LogP contribution in [0.1, 0.15) is 0 Å². The van der Waals surface area contributed by atoms with Gasteiger partial charge in [-0.05, 0) is 6.07 Å². The van der Waals surface area contributed by atoms with Crippen LogP contribution in [0, 0.1) is 0 Å². The maximum Gasteiger partial charge on any atom is 0.262 e. The lowest BCUT2D eigenvalue weighted by atomic mass is 10.3. The highest BCUT2D eigenvalue weighted by molar-refractivity contribution is 8.13. The summed E-state index contributed by atoms with van der Waals surface area (Å²) in [6.07, 6.45) is 0. The van der Waals surface area contributed by atoms with Gasteiger partial charge in [0.25, 0.3) is 9.05 Å². The number of methoxy groups -OCH3 is 1. The molecule has 0 saturated carbocycles. The molecule has 0 heterocycles. The Labute approximate surface area is 95.9 Å². The molecule has 1 aromatic rings. The molecule has 0 N–H and O–H groups in total. The van der Waals surface area contributed by atoms with Crippen molar-refractivity contribution in [3.05, 3.63) is 22.2 Å². The molecular formula is C7H5Cl3O3S.